The van der Waals surface area contributed by atoms with Crippen LogP contribution in [-0.2, 0) is 9.59 Å². The topological polar surface area (TPSA) is 75.6 Å². The van der Waals surface area contributed by atoms with Gasteiger partial charge in [-0.25, -0.2) is 0 Å². The molecule has 0 saturated heterocycles. The van der Waals surface area contributed by atoms with E-state index in [-0.39, 0.29) is 18.7 Å². The monoisotopic (exact) mass is 251 g/mol. The average molecular weight is 251 g/mol. The van der Waals surface area contributed by atoms with E-state index < -0.39 is 5.97 Å². The molecule has 0 aromatic heterocycles. The second-order valence-electron chi connectivity index (χ2n) is 4.01. The van der Waals surface area contributed by atoms with Crippen LogP contribution in [0, 0.1) is 13.8 Å². The second-order valence-corrected chi connectivity index (χ2v) is 4.01. The SMILES string of the molecule is COc1ccc(NC(=O)CCC(=O)O)c(C)c1C. The minimum Gasteiger partial charge on any atom is -0.496 e. The van der Waals surface area contributed by atoms with E-state index in [4.69, 9.17) is 9.84 Å². The summed E-state index contributed by atoms with van der Waals surface area (Å²) < 4.78 is 5.17. The average Bonchev–Trinajstić information content (AvgIpc) is 2.33. The van der Waals surface area contributed by atoms with E-state index >= 15 is 0 Å². The highest BCUT2D eigenvalue weighted by atomic mass is 16.5. The number of amides is 1. The number of hydrogen-bond donors (Lipinski definition) is 2. The molecule has 0 fully saturated rings. The number of aliphatic carboxylic acids is 1. The first-order valence-electron chi connectivity index (χ1n) is 5.61. The van der Waals surface area contributed by atoms with E-state index in [0.717, 1.165) is 16.9 Å². The highest BCUT2D eigenvalue weighted by Gasteiger charge is 2.10. The molecule has 0 spiro atoms. The minimum atomic E-state index is -0.979. The fourth-order valence-corrected chi connectivity index (χ4v) is 1.59. The van der Waals surface area contributed by atoms with Crippen LogP contribution in [0.15, 0.2) is 12.1 Å². The number of nitrogens with one attached hydrogen (secondary N) is 1. The van der Waals surface area contributed by atoms with Gasteiger partial charge in [0.05, 0.1) is 13.5 Å². The standard InChI is InChI=1S/C13H17NO4/c1-8-9(2)11(18-3)5-4-10(8)14-12(15)6-7-13(16)17/h4-5H,6-7H2,1-3H3,(H,14,15)(H,16,17). The molecular weight excluding hydrogens is 234 g/mol. The van der Waals surface area contributed by atoms with E-state index in [9.17, 15) is 9.59 Å². The molecule has 0 unspecified atom stereocenters. The molecule has 1 rings (SSSR count). The van der Waals surface area contributed by atoms with Crippen molar-refractivity contribution in [3.8, 4) is 5.75 Å². The Bertz CT molecular complexity index is 468. The van der Waals surface area contributed by atoms with Crippen LogP contribution in [0.1, 0.15) is 24.0 Å². The van der Waals surface area contributed by atoms with Crippen LogP contribution in [0.25, 0.3) is 0 Å². The largest absolute Gasteiger partial charge is 0.496 e. The molecule has 0 aliphatic rings. The summed E-state index contributed by atoms with van der Waals surface area (Å²) in [6.07, 6.45) is -0.195. The van der Waals surface area contributed by atoms with Gasteiger partial charge in [-0.3, -0.25) is 9.59 Å². The third-order valence-corrected chi connectivity index (χ3v) is 2.80. The quantitative estimate of drug-likeness (QED) is 0.840. The highest BCUT2D eigenvalue weighted by molar-refractivity contribution is 5.93. The van der Waals surface area contributed by atoms with Gasteiger partial charge in [0.15, 0.2) is 0 Å². The molecule has 0 radical (unpaired) electrons. The predicted molar refractivity (Wildman–Crippen MR) is 68.0 cm³/mol. The maximum absolute atomic E-state index is 11.5. The lowest BCUT2D eigenvalue weighted by molar-refractivity contribution is -0.138. The Morgan fingerprint density at radius 2 is 1.89 bits per heavy atom. The Hall–Kier alpha value is -2.04. The lowest BCUT2D eigenvalue weighted by Crippen LogP contribution is -2.14. The third-order valence-electron chi connectivity index (χ3n) is 2.80. The van der Waals surface area contributed by atoms with Gasteiger partial charge in [-0.2, -0.15) is 0 Å². The zero-order chi connectivity index (χ0) is 13.7. The van der Waals surface area contributed by atoms with Crippen LogP contribution in [0.5, 0.6) is 5.75 Å². The molecule has 5 heteroatoms. The highest BCUT2D eigenvalue weighted by Crippen LogP contribution is 2.27. The van der Waals surface area contributed by atoms with E-state index in [1.165, 1.54) is 0 Å². The molecule has 0 atom stereocenters. The van der Waals surface area contributed by atoms with Gasteiger partial charge >= 0.3 is 5.97 Å². The number of hydrogen-bond acceptors (Lipinski definition) is 3. The zero-order valence-electron chi connectivity index (χ0n) is 10.7. The van der Waals surface area contributed by atoms with Gasteiger partial charge in [0.2, 0.25) is 5.91 Å². The summed E-state index contributed by atoms with van der Waals surface area (Å²) >= 11 is 0. The molecule has 0 aliphatic carbocycles. The molecule has 5 nitrogen and oxygen atoms in total. The van der Waals surface area contributed by atoms with Crippen LogP contribution >= 0.6 is 0 Å². The predicted octanol–water partition coefficient (Wildman–Crippen LogP) is 2.12. The molecule has 1 aromatic carbocycles. The fraction of sp³-hybridized carbons (Fsp3) is 0.385. The molecule has 18 heavy (non-hydrogen) atoms. The van der Waals surface area contributed by atoms with E-state index in [0.29, 0.717) is 5.69 Å². The number of methoxy groups -OCH3 is 1. The van der Waals surface area contributed by atoms with Crippen LogP contribution in [0.4, 0.5) is 5.69 Å². The Kier molecular flexibility index (Phi) is 4.71. The number of benzene rings is 1. The van der Waals surface area contributed by atoms with Crippen molar-refractivity contribution in [3.63, 3.8) is 0 Å². The lowest BCUT2D eigenvalue weighted by atomic mass is 10.1. The number of carbonyl (C=O) groups excluding carboxylic acids is 1. The number of rotatable bonds is 5. The van der Waals surface area contributed by atoms with Gasteiger partial charge < -0.3 is 15.2 Å². The lowest BCUT2D eigenvalue weighted by Gasteiger charge is -2.13. The maximum atomic E-state index is 11.5. The Balaban J connectivity index is 2.76. The summed E-state index contributed by atoms with van der Waals surface area (Å²) in [5.41, 5.74) is 2.55. The first-order chi connectivity index (χ1) is 8.45. The third kappa shape index (κ3) is 3.48. The molecule has 0 bridgehead atoms. The van der Waals surface area contributed by atoms with Gasteiger partial charge in [-0.1, -0.05) is 0 Å². The van der Waals surface area contributed by atoms with E-state index in [1.807, 2.05) is 13.8 Å². The molecule has 98 valence electrons. The Morgan fingerprint density at radius 3 is 2.44 bits per heavy atom. The molecule has 0 saturated carbocycles. The molecule has 1 amide bonds. The van der Waals surface area contributed by atoms with Crippen molar-refractivity contribution in [1.29, 1.82) is 0 Å². The van der Waals surface area contributed by atoms with Gasteiger partial charge in [-0.05, 0) is 37.1 Å². The molecular formula is C13H17NO4. The van der Waals surface area contributed by atoms with Crippen molar-refractivity contribution in [2.75, 3.05) is 12.4 Å². The summed E-state index contributed by atoms with van der Waals surface area (Å²) in [7, 11) is 1.59. The van der Waals surface area contributed by atoms with Gasteiger partial charge in [0, 0.05) is 12.1 Å². The summed E-state index contributed by atoms with van der Waals surface area (Å²) in [5, 5.41) is 11.2. The van der Waals surface area contributed by atoms with E-state index in [2.05, 4.69) is 5.32 Å². The van der Waals surface area contributed by atoms with Gasteiger partial charge in [-0.15, -0.1) is 0 Å². The van der Waals surface area contributed by atoms with Crippen molar-refractivity contribution in [3.05, 3.63) is 23.3 Å². The molecule has 2 N–H and O–H groups in total. The normalized spacial score (nSPS) is 9.94. The summed E-state index contributed by atoms with van der Waals surface area (Å²) in [6, 6.07) is 3.52. The van der Waals surface area contributed by atoms with Crippen LogP contribution in [0.2, 0.25) is 0 Å². The number of ether oxygens (including phenoxy) is 1. The molecule has 1 aromatic rings. The Labute approximate surface area is 106 Å². The van der Waals surface area contributed by atoms with Gasteiger partial charge in [0.25, 0.3) is 0 Å². The minimum absolute atomic E-state index is 0.0279. The van der Waals surface area contributed by atoms with Crippen LogP contribution in [-0.4, -0.2) is 24.1 Å². The maximum Gasteiger partial charge on any atom is 0.303 e. The van der Waals surface area contributed by atoms with Gasteiger partial charge in [0.1, 0.15) is 5.75 Å². The first-order valence-corrected chi connectivity index (χ1v) is 5.61. The van der Waals surface area contributed by atoms with Crippen LogP contribution in [0.3, 0.4) is 0 Å². The summed E-state index contributed by atoms with van der Waals surface area (Å²) in [6.45, 7) is 3.78. The number of carboxylic acids is 1. The molecule has 0 heterocycles. The fourth-order valence-electron chi connectivity index (χ4n) is 1.59. The van der Waals surface area contributed by atoms with Crippen molar-refractivity contribution >= 4 is 17.6 Å². The number of carboxylic acid groups (broad SMARTS) is 1. The Morgan fingerprint density at radius 1 is 1.22 bits per heavy atom. The molecule has 0 aliphatic heterocycles. The number of carbonyl (C=O) groups is 2. The first kappa shape index (κ1) is 14.0. The number of anilines is 1. The van der Waals surface area contributed by atoms with Crippen molar-refractivity contribution in [2.45, 2.75) is 26.7 Å². The second kappa shape index (κ2) is 6.05. The summed E-state index contributed by atoms with van der Waals surface area (Å²) in [5.74, 6) is -0.520. The van der Waals surface area contributed by atoms with Crippen molar-refractivity contribution in [1.82, 2.24) is 0 Å². The van der Waals surface area contributed by atoms with E-state index in [1.54, 1.807) is 19.2 Å². The van der Waals surface area contributed by atoms with Crippen molar-refractivity contribution in [2.24, 2.45) is 0 Å². The zero-order valence-corrected chi connectivity index (χ0v) is 10.7. The van der Waals surface area contributed by atoms with Crippen molar-refractivity contribution < 1.29 is 19.4 Å². The van der Waals surface area contributed by atoms with Crippen LogP contribution < -0.4 is 10.1 Å². The summed E-state index contributed by atoms with van der Waals surface area (Å²) in [4.78, 5) is 21.9. The smallest absolute Gasteiger partial charge is 0.303 e.